The van der Waals surface area contributed by atoms with Gasteiger partial charge in [-0.05, 0) is 13.0 Å². The minimum absolute atomic E-state index is 0.159. The lowest BCUT2D eigenvalue weighted by Gasteiger charge is -1.92. The van der Waals surface area contributed by atoms with E-state index in [-0.39, 0.29) is 5.38 Å². The summed E-state index contributed by atoms with van der Waals surface area (Å²) in [4.78, 5) is 4.19. The molecule has 2 rings (SSSR count). The normalized spacial score (nSPS) is 13.1. The number of hydrogen-bond acceptors (Lipinski definition) is 3. The maximum atomic E-state index is 5.82. The number of nitrogens with zero attached hydrogens (tertiary/aromatic N) is 2. The average Bonchev–Trinajstić information content (AvgIpc) is 2.75. The van der Waals surface area contributed by atoms with Crippen molar-refractivity contribution in [3.05, 3.63) is 24.4 Å². The van der Waals surface area contributed by atoms with Crippen LogP contribution in [-0.4, -0.2) is 15.2 Å². The Balaban J connectivity index is 2.33. The molecule has 2 aromatic heterocycles. The summed E-state index contributed by atoms with van der Waals surface area (Å²) in [7, 11) is 0. The molecule has 2 heterocycles. The molecule has 0 saturated heterocycles. The molecule has 68 valence electrons. The quantitative estimate of drug-likeness (QED) is 0.752. The van der Waals surface area contributed by atoms with Crippen LogP contribution in [0.4, 0.5) is 0 Å². The highest BCUT2D eigenvalue weighted by Gasteiger charge is 2.09. The number of H-pyrrole nitrogens is 1. The van der Waals surface area contributed by atoms with Crippen molar-refractivity contribution in [2.24, 2.45) is 0 Å². The second kappa shape index (κ2) is 3.22. The van der Waals surface area contributed by atoms with E-state index in [1.54, 1.807) is 18.6 Å². The van der Waals surface area contributed by atoms with Crippen LogP contribution >= 0.6 is 11.6 Å². The van der Waals surface area contributed by atoms with Gasteiger partial charge in [-0.25, -0.2) is 4.98 Å². The SMILES string of the molecule is CC(Cl)c1nc(-c2ccoc2)n[nH]1. The van der Waals surface area contributed by atoms with Crippen LogP contribution in [0.3, 0.4) is 0 Å². The van der Waals surface area contributed by atoms with Gasteiger partial charge >= 0.3 is 0 Å². The fourth-order valence-corrected chi connectivity index (χ4v) is 1.07. The van der Waals surface area contributed by atoms with Gasteiger partial charge in [0.05, 0.1) is 17.2 Å². The number of rotatable bonds is 2. The van der Waals surface area contributed by atoms with E-state index >= 15 is 0 Å². The maximum Gasteiger partial charge on any atom is 0.184 e. The number of aromatic amines is 1. The van der Waals surface area contributed by atoms with Crippen LogP contribution in [0, 0.1) is 0 Å². The molecule has 5 heteroatoms. The number of furan rings is 1. The molecule has 0 aliphatic rings. The first-order valence-corrected chi connectivity index (χ1v) is 4.30. The minimum Gasteiger partial charge on any atom is -0.472 e. The van der Waals surface area contributed by atoms with Gasteiger partial charge in [0, 0.05) is 0 Å². The molecule has 0 aliphatic carbocycles. The van der Waals surface area contributed by atoms with E-state index in [4.69, 9.17) is 16.0 Å². The van der Waals surface area contributed by atoms with Crippen LogP contribution in [0.5, 0.6) is 0 Å². The molecular weight excluding hydrogens is 190 g/mol. The van der Waals surface area contributed by atoms with Crippen LogP contribution < -0.4 is 0 Å². The maximum absolute atomic E-state index is 5.82. The summed E-state index contributed by atoms with van der Waals surface area (Å²) in [5.74, 6) is 1.27. The second-order valence-corrected chi connectivity index (χ2v) is 3.33. The molecule has 1 N–H and O–H groups in total. The molecule has 0 fully saturated rings. The number of halogens is 1. The molecule has 1 atom stereocenters. The third-order valence-electron chi connectivity index (χ3n) is 1.66. The summed E-state index contributed by atoms with van der Waals surface area (Å²) < 4.78 is 4.91. The monoisotopic (exact) mass is 197 g/mol. The molecule has 0 radical (unpaired) electrons. The summed E-state index contributed by atoms with van der Waals surface area (Å²) in [6, 6.07) is 1.80. The molecule has 0 bridgehead atoms. The first-order valence-electron chi connectivity index (χ1n) is 3.86. The van der Waals surface area contributed by atoms with Crippen LogP contribution in [0.1, 0.15) is 18.1 Å². The van der Waals surface area contributed by atoms with E-state index in [1.807, 2.05) is 6.92 Å². The lowest BCUT2D eigenvalue weighted by Crippen LogP contribution is -1.86. The van der Waals surface area contributed by atoms with Crippen molar-refractivity contribution in [2.75, 3.05) is 0 Å². The van der Waals surface area contributed by atoms with Gasteiger partial charge < -0.3 is 4.42 Å². The zero-order valence-corrected chi connectivity index (χ0v) is 7.75. The van der Waals surface area contributed by atoms with Crippen LogP contribution in [0.15, 0.2) is 23.0 Å². The molecule has 0 spiro atoms. The standard InChI is InChI=1S/C8H8ClN3O/c1-5(9)7-10-8(12-11-7)6-2-3-13-4-6/h2-5H,1H3,(H,10,11,12). The van der Waals surface area contributed by atoms with Crippen molar-refractivity contribution in [3.8, 4) is 11.4 Å². The largest absolute Gasteiger partial charge is 0.472 e. The van der Waals surface area contributed by atoms with Crippen molar-refractivity contribution < 1.29 is 4.42 Å². The van der Waals surface area contributed by atoms with E-state index in [2.05, 4.69) is 15.2 Å². The predicted octanol–water partition coefficient (Wildman–Crippen LogP) is 2.36. The number of alkyl halides is 1. The number of aromatic nitrogens is 3. The Bertz CT molecular complexity index is 380. The first kappa shape index (κ1) is 8.31. The molecule has 2 aromatic rings. The zero-order chi connectivity index (χ0) is 9.26. The van der Waals surface area contributed by atoms with Crippen molar-refractivity contribution in [1.82, 2.24) is 15.2 Å². The van der Waals surface area contributed by atoms with Crippen molar-refractivity contribution in [2.45, 2.75) is 12.3 Å². The molecule has 0 aromatic carbocycles. The molecule has 4 nitrogen and oxygen atoms in total. The summed E-state index contributed by atoms with van der Waals surface area (Å²) in [6.07, 6.45) is 3.17. The Hall–Kier alpha value is -1.29. The van der Waals surface area contributed by atoms with Gasteiger partial charge in [-0.15, -0.1) is 11.6 Å². The highest BCUT2D eigenvalue weighted by molar-refractivity contribution is 6.20. The fraction of sp³-hybridized carbons (Fsp3) is 0.250. The average molecular weight is 198 g/mol. The zero-order valence-electron chi connectivity index (χ0n) is 6.99. The van der Waals surface area contributed by atoms with Crippen LogP contribution in [0.2, 0.25) is 0 Å². The van der Waals surface area contributed by atoms with Crippen LogP contribution in [0.25, 0.3) is 11.4 Å². The highest BCUT2D eigenvalue weighted by atomic mass is 35.5. The van der Waals surface area contributed by atoms with Crippen molar-refractivity contribution >= 4 is 11.6 Å². The molecule has 0 aliphatic heterocycles. The number of nitrogens with one attached hydrogen (secondary N) is 1. The third-order valence-corrected chi connectivity index (χ3v) is 1.87. The minimum atomic E-state index is -0.159. The topological polar surface area (TPSA) is 54.7 Å². The van der Waals surface area contributed by atoms with Gasteiger partial charge in [0.2, 0.25) is 0 Å². The highest BCUT2D eigenvalue weighted by Crippen LogP contribution is 2.19. The van der Waals surface area contributed by atoms with E-state index in [9.17, 15) is 0 Å². The third kappa shape index (κ3) is 1.58. The molecule has 0 amide bonds. The lowest BCUT2D eigenvalue weighted by molar-refractivity contribution is 0.568. The summed E-state index contributed by atoms with van der Waals surface area (Å²) in [5, 5.41) is 6.60. The Morgan fingerprint density at radius 1 is 1.62 bits per heavy atom. The predicted molar refractivity (Wildman–Crippen MR) is 48.4 cm³/mol. The lowest BCUT2D eigenvalue weighted by atomic mass is 10.3. The summed E-state index contributed by atoms with van der Waals surface area (Å²) in [6.45, 7) is 1.83. The Kier molecular flexibility index (Phi) is 2.06. The van der Waals surface area contributed by atoms with E-state index in [0.717, 1.165) is 5.56 Å². The van der Waals surface area contributed by atoms with Gasteiger partial charge in [-0.1, -0.05) is 0 Å². The van der Waals surface area contributed by atoms with Gasteiger partial charge in [-0.2, -0.15) is 5.10 Å². The number of hydrogen-bond donors (Lipinski definition) is 1. The Morgan fingerprint density at radius 3 is 3.00 bits per heavy atom. The van der Waals surface area contributed by atoms with Crippen LogP contribution in [-0.2, 0) is 0 Å². The summed E-state index contributed by atoms with van der Waals surface area (Å²) >= 11 is 5.82. The fourth-order valence-electron chi connectivity index (χ4n) is 0.973. The van der Waals surface area contributed by atoms with Crippen molar-refractivity contribution in [3.63, 3.8) is 0 Å². The molecule has 1 unspecified atom stereocenters. The Labute approximate surface area is 79.9 Å². The van der Waals surface area contributed by atoms with Gasteiger partial charge in [-0.3, -0.25) is 5.10 Å². The molecule has 0 saturated carbocycles. The van der Waals surface area contributed by atoms with E-state index < -0.39 is 0 Å². The molecular formula is C8H8ClN3O. The van der Waals surface area contributed by atoms with Gasteiger partial charge in [0.1, 0.15) is 12.1 Å². The first-order chi connectivity index (χ1) is 6.27. The van der Waals surface area contributed by atoms with Gasteiger partial charge in [0.15, 0.2) is 5.82 Å². The second-order valence-electron chi connectivity index (χ2n) is 2.67. The Morgan fingerprint density at radius 2 is 2.46 bits per heavy atom. The van der Waals surface area contributed by atoms with Crippen molar-refractivity contribution in [1.29, 1.82) is 0 Å². The summed E-state index contributed by atoms with van der Waals surface area (Å²) in [5.41, 5.74) is 0.847. The molecule has 13 heavy (non-hydrogen) atoms. The van der Waals surface area contributed by atoms with E-state index in [1.165, 1.54) is 0 Å². The van der Waals surface area contributed by atoms with Gasteiger partial charge in [0.25, 0.3) is 0 Å². The van der Waals surface area contributed by atoms with E-state index in [0.29, 0.717) is 11.6 Å². The smallest absolute Gasteiger partial charge is 0.184 e.